The number of anilines is 1. The fourth-order valence-electron chi connectivity index (χ4n) is 7.56. The molecule has 0 radical (unpaired) electrons. The zero-order valence-corrected chi connectivity index (χ0v) is 25.3. The van der Waals surface area contributed by atoms with Gasteiger partial charge in [-0.05, 0) is 51.2 Å². The molecule has 7 atom stereocenters. The van der Waals surface area contributed by atoms with E-state index in [1.807, 2.05) is 65.0 Å². The highest BCUT2D eigenvalue weighted by Gasteiger charge is 2.79. The van der Waals surface area contributed by atoms with Gasteiger partial charge in [-0.2, -0.15) is 0 Å². The van der Waals surface area contributed by atoms with Crippen LogP contribution in [0.5, 0.6) is 0 Å². The Kier molecular flexibility index (Phi) is 9.14. The number of aliphatic hydroxyl groups excluding tert-OH is 1. The summed E-state index contributed by atoms with van der Waals surface area (Å²) >= 11 is 0. The minimum absolute atomic E-state index is 0.0607. The number of hydrogen-bond donors (Lipinski definition) is 1. The molecule has 1 N–H and O–H groups in total. The molecule has 3 heterocycles. The molecule has 224 valence electrons. The van der Waals surface area contributed by atoms with Gasteiger partial charge in [0, 0.05) is 24.8 Å². The van der Waals surface area contributed by atoms with E-state index in [0.29, 0.717) is 25.8 Å². The van der Waals surface area contributed by atoms with Gasteiger partial charge in [-0.15, -0.1) is 13.2 Å². The molecule has 0 aromatic heterocycles. The van der Waals surface area contributed by atoms with Gasteiger partial charge in [-0.25, -0.2) is 0 Å². The third kappa shape index (κ3) is 4.83. The van der Waals surface area contributed by atoms with Crippen molar-refractivity contribution in [3.8, 4) is 0 Å². The van der Waals surface area contributed by atoms with E-state index in [1.54, 1.807) is 26.9 Å². The first-order valence-corrected chi connectivity index (χ1v) is 15.1. The van der Waals surface area contributed by atoms with Gasteiger partial charge < -0.3 is 24.5 Å². The summed E-state index contributed by atoms with van der Waals surface area (Å²) in [6, 6.07) is 7.74. The van der Waals surface area contributed by atoms with E-state index in [0.717, 1.165) is 12.1 Å². The van der Waals surface area contributed by atoms with Crippen LogP contribution >= 0.6 is 0 Å². The summed E-state index contributed by atoms with van der Waals surface area (Å²) in [5.41, 5.74) is -1.29. The number of carbonyl (C=O) groups is 3. The van der Waals surface area contributed by atoms with Crippen molar-refractivity contribution in [1.82, 2.24) is 9.80 Å². The number of para-hydroxylation sites is 1. The molecule has 3 amide bonds. The third-order valence-corrected chi connectivity index (χ3v) is 9.84. The molecule has 41 heavy (non-hydrogen) atoms. The molecule has 3 aliphatic rings. The van der Waals surface area contributed by atoms with Crippen molar-refractivity contribution >= 4 is 23.4 Å². The van der Waals surface area contributed by atoms with Gasteiger partial charge >= 0.3 is 0 Å². The van der Waals surface area contributed by atoms with Gasteiger partial charge in [-0.3, -0.25) is 14.4 Å². The molecule has 8 heteroatoms. The molecule has 2 unspecified atom stereocenters. The number of hydrogen-bond acceptors (Lipinski definition) is 5. The number of rotatable bonds is 13. The van der Waals surface area contributed by atoms with Crippen LogP contribution in [0.2, 0.25) is 0 Å². The number of carbonyl (C=O) groups excluding carboxylic acids is 3. The Hall–Kier alpha value is -2.97. The monoisotopic (exact) mass is 565 g/mol. The van der Waals surface area contributed by atoms with Crippen molar-refractivity contribution in [2.24, 2.45) is 17.8 Å². The molecule has 3 saturated heterocycles. The van der Waals surface area contributed by atoms with Crippen molar-refractivity contribution in [1.29, 1.82) is 0 Å². The highest BCUT2D eigenvalue weighted by atomic mass is 16.5. The number of benzene rings is 1. The first-order valence-electron chi connectivity index (χ1n) is 15.1. The molecular formula is C33H47N3O5. The highest BCUT2D eigenvalue weighted by molar-refractivity contribution is 6.03. The number of aliphatic hydroxyl groups is 1. The van der Waals surface area contributed by atoms with E-state index in [1.165, 1.54) is 0 Å². The van der Waals surface area contributed by atoms with Crippen LogP contribution in [0.1, 0.15) is 60.3 Å². The van der Waals surface area contributed by atoms with Crippen molar-refractivity contribution in [3.05, 3.63) is 55.6 Å². The number of fused-ring (bicyclic) bond motifs is 1. The predicted octanol–water partition coefficient (Wildman–Crippen LogP) is 4.19. The van der Waals surface area contributed by atoms with E-state index in [4.69, 9.17) is 4.74 Å². The van der Waals surface area contributed by atoms with E-state index in [2.05, 4.69) is 13.2 Å². The summed E-state index contributed by atoms with van der Waals surface area (Å²) in [6.45, 7) is 17.9. The Morgan fingerprint density at radius 3 is 2.29 bits per heavy atom. The fourth-order valence-corrected chi connectivity index (χ4v) is 7.56. The summed E-state index contributed by atoms with van der Waals surface area (Å²) in [5, 5.41) is 10.6. The number of likely N-dealkylation sites (tertiary alicyclic amines) is 1. The van der Waals surface area contributed by atoms with Crippen molar-refractivity contribution in [2.75, 3.05) is 24.6 Å². The normalized spacial score (nSPS) is 29.8. The van der Waals surface area contributed by atoms with E-state index < -0.39 is 35.1 Å². The molecule has 0 saturated carbocycles. The lowest BCUT2D eigenvalue weighted by molar-refractivity contribution is -0.158. The van der Waals surface area contributed by atoms with Crippen LogP contribution in [0.25, 0.3) is 0 Å². The van der Waals surface area contributed by atoms with Crippen LogP contribution in [0.3, 0.4) is 0 Å². The van der Waals surface area contributed by atoms with E-state index in [9.17, 15) is 19.5 Å². The molecule has 4 rings (SSSR count). The Balaban J connectivity index is 1.89. The van der Waals surface area contributed by atoms with Gasteiger partial charge in [-0.1, -0.05) is 57.5 Å². The van der Waals surface area contributed by atoms with Gasteiger partial charge in [0.1, 0.15) is 11.6 Å². The van der Waals surface area contributed by atoms with Gasteiger partial charge in [0.25, 0.3) is 0 Å². The third-order valence-electron chi connectivity index (χ3n) is 9.84. The van der Waals surface area contributed by atoms with Gasteiger partial charge in [0.2, 0.25) is 17.7 Å². The summed E-state index contributed by atoms with van der Waals surface area (Å²) in [6.07, 6.45) is 5.71. The maximum Gasteiger partial charge on any atom is 0.248 e. The molecule has 2 bridgehead atoms. The molecule has 3 aliphatic heterocycles. The average molecular weight is 566 g/mol. The zero-order valence-electron chi connectivity index (χ0n) is 25.3. The zero-order chi connectivity index (χ0) is 30.1. The maximum absolute atomic E-state index is 14.7. The topological polar surface area (TPSA) is 90.4 Å². The predicted molar refractivity (Wildman–Crippen MR) is 160 cm³/mol. The van der Waals surface area contributed by atoms with Crippen LogP contribution < -0.4 is 4.90 Å². The summed E-state index contributed by atoms with van der Waals surface area (Å²) in [5.74, 6) is -2.34. The molecule has 8 nitrogen and oxygen atoms in total. The maximum atomic E-state index is 14.7. The number of ether oxygens (including phenoxy) is 1. The first kappa shape index (κ1) is 31.0. The summed E-state index contributed by atoms with van der Waals surface area (Å²) < 4.78 is 6.98. The lowest BCUT2D eigenvalue weighted by Gasteiger charge is -2.42. The summed E-state index contributed by atoms with van der Waals surface area (Å²) in [7, 11) is 0. The molecule has 0 aliphatic carbocycles. The minimum atomic E-state index is -1.16. The second-order valence-corrected chi connectivity index (χ2v) is 12.2. The Bertz CT molecular complexity index is 1150. The summed E-state index contributed by atoms with van der Waals surface area (Å²) in [4.78, 5) is 48.8. The SMILES string of the molecule is C=CCN(C(=O)[C@@H]1[C@H]2C(=O)N([C@@H](CO)[C@@H](C)CC)C(C(=O)N(CC=C)C(C)C)C23CC[C@@]1(CC)O3)c1ccccc1. The van der Waals surface area contributed by atoms with Crippen molar-refractivity contribution in [2.45, 2.75) is 89.6 Å². The average Bonchev–Trinajstić information content (AvgIpc) is 3.58. The van der Waals surface area contributed by atoms with Crippen LogP contribution in [-0.2, 0) is 19.1 Å². The van der Waals surface area contributed by atoms with Crippen LogP contribution in [0.4, 0.5) is 5.69 Å². The van der Waals surface area contributed by atoms with Gasteiger partial charge in [0.05, 0.1) is 30.1 Å². The van der Waals surface area contributed by atoms with Crippen LogP contribution in [-0.4, -0.2) is 81.7 Å². The molecule has 1 spiro atoms. The quantitative estimate of drug-likeness (QED) is 0.362. The minimum Gasteiger partial charge on any atom is -0.394 e. The van der Waals surface area contributed by atoms with E-state index in [-0.39, 0.29) is 42.8 Å². The van der Waals surface area contributed by atoms with Crippen molar-refractivity contribution < 1.29 is 24.2 Å². The molecule has 3 fully saturated rings. The Morgan fingerprint density at radius 1 is 1.10 bits per heavy atom. The van der Waals surface area contributed by atoms with Crippen LogP contribution in [0.15, 0.2) is 55.6 Å². The lowest BCUT2D eigenvalue weighted by atomic mass is 9.64. The largest absolute Gasteiger partial charge is 0.394 e. The second kappa shape index (κ2) is 12.1. The standard InChI is InChI=1S/C33H47N3O5/c1-8-19-34(22(5)6)31(40)28-33-18-17-32(11-4,41-33)26(27(33)30(39)36(28)25(21-37)23(7)10-3)29(38)35(20-9-2)24-15-13-12-14-16-24/h8-9,12-16,22-23,25-28,37H,1-2,10-11,17-21H2,3-7H3/t23-,25-,26-,27-,28?,32+,33?/m0/s1. The molecule has 1 aromatic carbocycles. The molecular weight excluding hydrogens is 518 g/mol. The van der Waals surface area contributed by atoms with Crippen molar-refractivity contribution in [3.63, 3.8) is 0 Å². The lowest BCUT2D eigenvalue weighted by Crippen LogP contribution is -2.60. The smallest absolute Gasteiger partial charge is 0.248 e. The fraction of sp³-hybridized carbons (Fsp3) is 0.606. The number of amides is 3. The molecule has 1 aromatic rings. The second-order valence-electron chi connectivity index (χ2n) is 12.2. The highest BCUT2D eigenvalue weighted by Crippen LogP contribution is 2.65. The number of nitrogens with zero attached hydrogens (tertiary/aromatic N) is 3. The first-order chi connectivity index (χ1) is 19.6. The Morgan fingerprint density at radius 2 is 1.76 bits per heavy atom. The van der Waals surface area contributed by atoms with Gasteiger partial charge in [0.15, 0.2) is 0 Å². The Labute approximate surface area is 245 Å². The van der Waals surface area contributed by atoms with E-state index >= 15 is 0 Å². The van der Waals surface area contributed by atoms with Crippen LogP contribution in [0, 0.1) is 17.8 Å².